The Morgan fingerprint density at radius 1 is 1.10 bits per heavy atom. The van der Waals surface area contributed by atoms with Gasteiger partial charge >= 0.3 is 0 Å². The van der Waals surface area contributed by atoms with E-state index in [1.165, 1.54) is 22.6 Å². The topological polar surface area (TPSA) is 58.4 Å². The predicted octanol–water partition coefficient (Wildman–Crippen LogP) is 3.76. The number of hydrogen-bond acceptors (Lipinski definition) is 5. The molecule has 6 nitrogen and oxygen atoms in total. The van der Waals surface area contributed by atoms with E-state index >= 15 is 0 Å². The fraction of sp³-hybridized carbons (Fsp3) is 0.458. The summed E-state index contributed by atoms with van der Waals surface area (Å²) in [7, 11) is 0. The van der Waals surface area contributed by atoms with E-state index in [4.69, 9.17) is 4.98 Å². The molecular formula is C24H28N4O2S. The molecule has 1 atom stereocenters. The van der Waals surface area contributed by atoms with E-state index < -0.39 is 0 Å². The summed E-state index contributed by atoms with van der Waals surface area (Å²) < 4.78 is 1.81. The maximum Gasteiger partial charge on any atom is 0.264 e. The van der Waals surface area contributed by atoms with E-state index in [1.54, 1.807) is 0 Å². The Hall–Kier alpha value is -2.67. The van der Waals surface area contributed by atoms with Gasteiger partial charge in [0.2, 0.25) is 0 Å². The number of nitrogens with zero attached hydrogens (tertiary/aromatic N) is 4. The predicted molar refractivity (Wildman–Crippen MR) is 125 cm³/mol. The molecule has 3 aromatic rings. The minimum absolute atomic E-state index is 0.0186. The van der Waals surface area contributed by atoms with Gasteiger partial charge in [0.05, 0.1) is 10.3 Å². The van der Waals surface area contributed by atoms with E-state index in [0.717, 1.165) is 43.7 Å². The van der Waals surface area contributed by atoms with Crippen LogP contribution in [-0.2, 0) is 13.0 Å². The van der Waals surface area contributed by atoms with Crippen molar-refractivity contribution in [2.75, 3.05) is 24.5 Å². The highest BCUT2D eigenvalue weighted by Gasteiger charge is 2.30. The number of carbonyl (C=O) groups excluding carboxylic acids is 1. The van der Waals surface area contributed by atoms with Gasteiger partial charge in [-0.3, -0.25) is 14.2 Å². The molecule has 0 aliphatic carbocycles. The number of amides is 1. The van der Waals surface area contributed by atoms with E-state index in [0.29, 0.717) is 28.2 Å². The van der Waals surface area contributed by atoms with Crippen molar-refractivity contribution in [1.29, 1.82) is 0 Å². The molecule has 1 saturated heterocycles. The van der Waals surface area contributed by atoms with Gasteiger partial charge in [0.15, 0.2) is 0 Å². The van der Waals surface area contributed by atoms with Crippen LogP contribution < -0.4 is 10.5 Å². The van der Waals surface area contributed by atoms with Gasteiger partial charge in [-0.15, -0.1) is 11.3 Å². The first-order chi connectivity index (χ1) is 14.9. The van der Waals surface area contributed by atoms with E-state index in [-0.39, 0.29) is 17.5 Å². The molecule has 7 heteroatoms. The fourth-order valence-corrected chi connectivity index (χ4v) is 6.00. The molecule has 0 radical (unpaired) electrons. The van der Waals surface area contributed by atoms with Gasteiger partial charge in [0.25, 0.3) is 11.5 Å². The average molecular weight is 437 g/mol. The van der Waals surface area contributed by atoms with Crippen LogP contribution in [0.5, 0.6) is 0 Å². The lowest BCUT2D eigenvalue weighted by molar-refractivity contribution is 0.0730. The van der Waals surface area contributed by atoms with Crippen molar-refractivity contribution >= 4 is 33.1 Å². The third kappa shape index (κ3) is 3.45. The SMILES string of the molecule is Cc1ccc(N2CCN(C(=O)c3sc4nc5n(c(=O)c4c3C)CCCC5)CC2C)cc1. The molecule has 0 saturated carbocycles. The molecule has 2 aromatic heterocycles. The minimum atomic E-state index is 0.0186. The van der Waals surface area contributed by atoms with Crippen LogP contribution in [0.15, 0.2) is 29.1 Å². The molecular weight excluding hydrogens is 408 g/mol. The molecule has 4 heterocycles. The number of rotatable bonds is 2. The van der Waals surface area contributed by atoms with Crippen molar-refractivity contribution in [3.8, 4) is 0 Å². The summed E-state index contributed by atoms with van der Waals surface area (Å²) >= 11 is 1.38. The quantitative estimate of drug-likeness (QED) is 0.614. The second-order valence-corrected chi connectivity index (χ2v) is 9.81. The Bertz CT molecular complexity index is 1210. The van der Waals surface area contributed by atoms with Gasteiger partial charge in [-0.05, 0) is 51.3 Å². The number of thiophene rings is 1. The summed E-state index contributed by atoms with van der Waals surface area (Å²) in [5, 5.41) is 0.630. The molecule has 1 fully saturated rings. The molecule has 0 N–H and O–H groups in total. The monoisotopic (exact) mass is 436 g/mol. The molecule has 1 amide bonds. The summed E-state index contributed by atoms with van der Waals surface area (Å²) in [5.41, 5.74) is 3.25. The van der Waals surface area contributed by atoms with Crippen LogP contribution >= 0.6 is 11.3 Å². The third-order valence-electron chi connectivity index (χ3n) is 6.64. The van der Waals surface area contributed by atoms with Crippen LogP contribution in [0.3, 0.4) is 0 Å². The second-order valence-electron chi connectivity index (χ2n) is 8.81. The van der Waals surface area contributed by atoms with Crippen molar-refractivity contribution in [2.24, 2.45) is 0 Å². The van der Waals surface area contributed by atoms with E-state index in [9.17, 15) is 9.59 Å². The Kier molecular flexibility index (Phi) is 5.08. The molecule has 2 aliphatic heterocycles. The summed E-state index contributed by atoms with van der Waals surface area (Å²) in [4.78, 5) is 37.0. The lowest BCUT2D eigenvalue weighted by Gasteiger charge is -2.41. The lowest BCUT2D eigenvalue weighted by atomic mass is 10.1. The van der Waals surface area contributed by atoms with Gasteiger partial charge in [0.1, 0.15) is 10.7 Å². The maximum atomic E-state index is 13.4. The Morgan fingerprint density at radius 2 is 1.87 bits per heavy atom. The van der Waals surface area contributed by atoms with Crippen LogP contribution in [0, 0.1) is 13.8 Å². The number of aromatic nitrogens is 2. The number of piperazine rings is 1. The molecule has 0 spiro atoms. The second kappa shape index (κ2) is 7.79. The van der Waals surface area contributed by atoms with Gasteiger partial charge < -0.3 is 9.80 Å². The van der Waals surface area contributed by atoms with Crippen LogP contribution in [-0.4, -0.2) is 46.0 Å². The largest absolute Gasteiger partial charge is 0.365 e. The number of aryl methyl sites for hydroxylation is 3. The first-order valence-electron chi connectivity index (χ1n) is 11.1. The zero-order valence-corrected chi connectivity index (χ0v) is 19.2. The zero-order valence-electron chi connectivity index (χ0n) is 18.4. The number of carbonyl (C=O) groups is 1. The summed E-state index contributed by atoms with van der Waals surface area (Å²) in [6.45, 7) is 9.03. The Labute approximate surface area is 186 Å². The molecule has 162 valence electrons. The van der Waals surface area contributed by atoms with E-state index in [2.05, 4.69) is 43.0 Å². The summed E-state index contributed by atoms with van der Waals surface area (Å²) in [6.07, 6.45) is 2.92. The fourth-order valence-electron chi connectivity index (χ4n) is 4.84. The molecule has 5 rings (SSSR count). The molecule has 0 bridgehead atoms. The van der Waals surface area contributed by atoms with Crippen molar-refractivity contribution in [3.05, 3.63) is 56.4 Å². The van der Waals surface area contributed by atoms with Crippen molar-refractivity contribution in [1.82, 2.24) is 14.5 Å². The lowest BCUT2D eigenvalue weighted by Crippen LogP contribution is -2.53. The Balaban J connectivity index is 1.42. The molecule has 1 unspecified atom stereocenters. The summed E-state index contributed by atoms with van der Waals surface area (Å²) in [6, 6.07) is 8.79. The van der Waals surface area contributed by atoms with Crippen LogP contribution in [0.1, 0.15) is 46.4 Å². The minimum Gasteiger partial charge on any atom is -0.365 e. The molecule has 31 heavy (non-hydrogen) atoms. The van der Waals surface area contributed by atoms with Gasteiger partial charge in [-0.25, -0.2) is 4.98 Å². The number of benzene rings is 1. The highest BCUT2D eigenvalue weighted by molar-refractivity contribution is 7.20. The van der Waals surface area contributed by atoms with Crippen LogP contribution in [0.25, 0.3) is 10.2 Å². The normalized spacial score (nSPS) is 19.0. The van der Waals surface area contributed by atoms with Gasteiger partial charge in [-0.1, -0.05) is 17.7 Å². The van der Waals surface area contributed by atoms with Gasteiger partial charge in [-0.2, -0.15) is 0 Å². The highest BCUT2D eigenvalue weighted by Crippen LogP contribution is 2.30. The van der Waals surface area contributed by atoms with Gasteiger partial charge in [0, 0.05) is 44.3 Å². The van der Waals surface area contributed by atoms with Crippen molar-refractivity contribution in [2.45, 2.75) is 52.6 Å². The zero-order chi connectivity index (χ0) is 21.7. The molecule has 1 aromatic carbocycles. The first kappa shape index (κ1) is 20.2. The summed E-state index contributed by atoms with van der Waals surface area (Å²) in [5.74, 6) is 0.891. The average Bonchev–Trinajstić information content (AvgIpc) is 3.10. The highest BCUT2D eigenvalue weighted by atomic mass is 32.1. The first-order valence-corrected chi connectivity index (χ1v) is 11.9. The number of anilines is 1. The maximum absolute atomic E-state index is 13.4. The standard InChI is InChI=1S/C24H28N4O2S/c1-15-7-9-18(10-8-15)27-13-12-26(14-16(27)2)24(30)21-17(3)20-22(31-21)25-19-6-4-5-11-28(19)23(20)29/h7-10,16H,4-6,11-14H2,1-3H3. The number of hydrogen-bond donors (Lipinski definition) is 0. The van der Waals surface area contributed by atoms with Crippen LogP contribution in [0.2, 0.25) is 0 Å². The molecule has 2 aliphatic rings. The smallest absolute Gasteiger partial charge is 0.264 e. The third-order valence-corrected chi connectivity index (χ3v) is 7.81. The van der Waals surface area contributed by atoms with Crippen molar-refractivity contribution in [3.63, 3.8) is 0 Å². The van der Waals surface area contributed by atoms with Crippen molar-refractivity contribution < 1.29 is 4.79 Å². The van der Waals surface area contributed by atoms with E-state index in [1.807, 2.05) is 16.4 Å². The Morgan fingerprint density at radius 3 is 2.61 bits per heavy atom. The number of fused-ring (bicyclic) bond motifs is 2. The van der Waals surface area contributed by atoms with Crippen LogP contribution in [0.4, 0.5) is 5.69 Å².